The number of aryl methyl sites for hydroxylation is 1. The quantitative estimate of drug-likeness (QED) is 0.666. The Balaban J connectivity index is 1.43. The fourth-order valence-corrected chi connectivity index (χ4v) is 5.45. The Morgan fingerprint density at radius 3 is 2.93 bits per heavy atom. The van der Waals surface area contributed by atoms with Crippen LogP contribution in [0.4, 0.5) is 0 Å². The van der Waals surface area contributed by atoms with E-state index in [0.29, 0.717) is 6.04 Å². The molecule has 2 aromatic rings. The van der Waals surface area contributed by atoms with Crippen LogP contribution in [0.2, 0.25) is 0 Å². The van der Waals surface area contributed by atoms with E-state index < -0.39 is 0 Å². The fourth-order valence-electron chi connectivity index (χ4n) is 5.45. The van der Waals surface area contributed by atoms with Crippen LogP contribution in [0.15, 0.2) is 61.0 Å². The van der Waals surface area contributed by atoms with Gasteiger partial charge < -0.3 is 15.2 Å². The topological polar surface area (TPSA) is 31.1 Å². The van der Waals surface area contributed by atoms with Gasteiger partial charge in [0, 0.05) is 41.6 Å². The molecular formula is C26H33N3. The molecule has 5 rings (SSSR count). The Morgan fingerprint density at radius 1 is 1.14 bits per heavy atom. The predicted octanol–water partition coefficient (Wildman–Crippen LogP) is 5.22. The van der Waals surface area contributed by atoms with Gasteiger partial charge in [0.15, 0.2) is 0 Å². The van der Waals surface area contributed by atoms with Crippen molar-refractivity contribution in [2.75, 3.05) is 19.6 Å². The number of allylic oxidation sites excluding steroid dienone is 4. The molecule has 1 aliphatic carbocycles. The summed E-state index contributed by atoms with van der Waals surface area (Å²) < 4.78 is 0. The van der Waals surface area contributed by atoms with Gasteiger partial charge in [-0.25, -0.2) is 0 Å². The van der Waals surface area contributed by atoms with Gasteiger partial charge in [-0.1, -0.05) is 30.4 Å². The lowest BCUT2D eigenvalue weighted by Gasteiger charge is -2.40. The van der Waals surface area contributed by atoms with E-state index in [4.69, 9.17) is 0 Å². The summed E-state index contributed by atoms with van der Waals surface area (Å²) in [6, 6.07) is 7.90. The van der Waals surface area contributed by atoms with Crippen molar-refractivity contribution in [1.82, 2.24) is 15.2 Å². The van der Waals surface area contributed by atoms with Crippen molar-refractivity contribution in [3.63, 3.8) is 0 Å². The molecule has 3 heterocycles. The van der Waals surface area contributed by atoms with Crippen LogP contribution in [0.3, 0.4) is 0 Å². The molecular weight excluding hydrogens is 354 g/mol. The summed E-state index contributed by atoms with van der Waals surface area (Å²) >= 11 is 0. The molecule has 2 N–H and O–H groups in total. The second-order valence-corrected chi connectivity index (χ2v) is 9.10. The predicted molar refractivity (Wildman–Crippen MR) is 122 cm³/mol. The molecule has 3 aliphatic rings. The molecule has 0 radical (unpaired) electrons. The zero-order valence-corrected chi connectivity index (χ0v) is 17.4. The number of aromatic amines is 1. The highest BCUT2D eigenvalue weighted by molar-refractivity contribution is 5.84. The number of hydrogen-bond acceptors (Lipinski definition) is 2. The molecule has 152 valence electrons. The summed E-state index contributed by atoms with van der Waals surface area (Å²) in [5.41, 5.74) is 4.49. The summed E-state index contributed by atoms with van der Waals surface area (Å²) in [5.74, 6) is 0. The molecule has 1 fully saturated rings. The maximum atomic E-state index is 3.65. The molecule has 3 nitrogen and oxygen atoms in total. The van der Waals surface area contributed by atoms with Crippen LogP contribution in [0.25, 0.3) is 10.9 Å². The molecule has 3 heteroatoms. The van der Waals surface area contributed by atoms with Crippen molar-refractivity contribution in [3.05, 3.63) is 72.1 Å². The van der Waals surface area contributed by atoms with Crippen LogP contribution in [0.5, 0.6) is 0 Å². The van der Waals surface area contributed by atoms with Crippen LogP contribution in [0.1, 0.15) is 49.7 Å². The van der Waals surface area contributed by atoms with Gasteiger partial charge in [0.2, 0.25) is 0 Å². The van der Waals surface area contributed by atoms with Gasteiger partial charge in [-0.15, -0.1) is 0 Å². The van der Waals surface area contributed by atoms with Crippen molar-refractivity contribution in [1.29, 1.82) is 0 Å². The highest BCUT2D eigenvalue weighted by atomic mass is 15.1. The lowest BCUT2D eigenvalue weighted by Crippen LogP contribution is -2.40. The minimum Gasteiger partial charge on any atom is -0.373 e. The first-order valence-electron chi connectivity index (χ1n) is 11.4. The summed E-state index contributed by atoms with van der Waals surface area (Å²) in [5, 5.41) is 5.08. The zero-order valence-electron chi connectivity index (χ0n) is 17.4. The average Bonchev–Trinajstić information content (AvgIpc) is 3.43. The van der Waals surface area contributed by atoms with E-state index >= 15 is 0 Å². The van der Waals surface area contributed by atoms with Crippen LogP contribution in [-0.2, 0) is 11.8 Å². The lowest BCUT2D eigenvalue weighted by atomic mass is 9.71. The SMILES string of the molecule is C1=CCN(CC2(c3ccc4[nH]cc(CCC5CCCN5)c4c3)CC=CCC2)C=C1. The smallest absolute Gasteiger partial charge is 0.0456 e. The second-order valence-electron chi connectivity index (χ2n) is 9.10. The normalized spacial score (nSPS) is 26.6. The summed E-state index contributed by atoms with van der Waals surface area (Å²) in [6.45, 7) is 3.31. The molecule has 2 atom stereocenters. The number of benzene rings is 1. The van der Waals surface area contributed by atoms with E-state index in [2.05, 4.69) is 76.2 Å². The van der Waals surface area contributed by atoms with Gasteiger partial charge >= 0.3 is 0 Å². The zero-order chi connectivity index (χ0) is 19.5. The minimum atomic E-state index is 0.208. The number of nitrogens with zero attached hydrogens (tertiary/aromatic N) is 1. The Kier molecular flexibility index (Phi) is 5.32. The number of aromatic nitrogens is 1. The van der Waals surface area contributed by atoms with E-state index in [1.807, 2.05) is 0 Å². The number of H-pyrrole nitrogens is 1. The molecule has 1 saturated heterocycles. The van der Waals surface area contributed by atoms with Crippen molar-refractivity contribution >= 4 is 10.9 Å². The molecule has 2 unspecified atom stereocenters. The summed E-state index contributed by atoms with van der Waals surface area (Å²) in [4.78, 5) is 6.00. The third-order valence-electron chi connectivity index (χ3n) is 7.16. The Morgan fingerprint density at radius 2 is 2.14 bits per heavy atom. The Hall–Kier alpha value is -2.26. The van der Waals surface area contributed by atoms with Crippen molar-refractivity contribution in [2.24, 2.45) is 0 Å². The van der Waals surface area contributed by atoms with Gasteiger partial charge in [-0.2, -0.15) is 0 Å². The maximum absolute atomic E-state index is 3.65. The van der Waals surface area contributed by atoms with Gasteiger partial charge in [-0.3, -0.25) is 0 Å². The van der Waals surface area contributed by atoms with Gasteiger partial charge in [0.25, 0.3) is 0 Å². The van der Waals surface area contributed by atoms with Gasteiger partial charge in [0.1, 0.15) is 0 Å². The first-order valence-corrected chi connectivity index (χ1v) is 11.4. The largest absolute Gasteiger partial charge is 0.373 e. The van der Waals surface area contributed by atoms with E-state index in [9.17, 15) is 0 Å². The molecule has 1 aromatic heterocycles. The van der Waals surface area contributed by atoms with Crippen LogP contribution in [0, 0.1) is 0 Å². The summed E-state index contributed by atoms with van der Waals surface area (Å²) in [7, 11) is 0. The third-order valence-corrected chi connectivity index (χ3v) is 7.16. The number of rotatable bonds is 6. The van der Waals surface area contributed by atoms with Crippen molar-refractivity contribution in [3.8, 4) is 0 Å². The fraction of sp³-hybridized carbons (Fsp3) is 0.462. The van der Waals surface area contributed by atoms with Crippen LogP contribution >= 0.6 is 0 Å². The third kappa shape index (κ3) is 3.93. The van der Waals surface area contributed by atoms with Gasteiger partial charge in [-0.05, 0) is 87.0 Å². The first-order chi connectivity index (χ1) is 14.3. The maximum Gasteiger partial charge on any atom is 0.0456 e. The molecule has 0 amide bonds. The average molecular weight is 388 g/mol. The first kappa shape index (κ1) is 18.7. The molecule has 1 aromatic carbocycles. The van der Waals surface area contributed by atoms with Crippen LogP contribution in [-0.4, -0.2) is 35.6 Å². The number of fused-ring (bicyclic) bond motifs is 1. The van der Waals surface area contributed by atoms with Crippen molar-refractivity contribution < 1.29 is 0 Å². The number of nitrogens with one attached hydrogen (secondary N) is 2. The van der Waals surface area contributed by atoms with E-state index in [1.54, 1.807) is 0 Å². The summed E-state index contributed by atoms with van der Waals surface area (Å²) in [6.07, 6.45) is 24.5. The molecule has 0 bridgehead atoms. The van der Waals surface area contributed by atoms with Crippen LogP contribution < -0.4 is 5.32 Å². The lowest BCUT2D eigenvalue weighted by molar-refractivity contribution is 0.265. The highest BCUT2D eigenvalue weighted by Crippen LogP contribution is 2.39. The Labute approximate surface area is 174 Å². The Bertz CT molecular complexity index is 929. The molecule has 0 spiro atoms. The van der Waals surface area contributed by atoms with E-state index in [-0.39, 0.29) is 5.41 Å². The van der Waals surface area contributed by atoms with E-state index in [1.165, 1.54) is 60.7 Å². The van der Waals surface area contributed by atoms with Gasteiger partial charge in [0.05, 0.1) is 0 Å². The molecule has 29 heavy (non-hydrogen) atoms. The molecule has 2 aliphatic heterocycles. The highest BCUT2D eigenvalue weighted by Gasteiger charge is 2.34. The monoisotopic (exact) mass is 387 g/mol. The van der Waals surface area contributed by atoms with Crippen molar-refractivity contribution in [2.45, 2.75) is 56.4 Å². The second kappa shape index (κ2) is 8.23. The molecule has 0 saturated carbocycles. The van der Waals surface area contributed by atoms with E-state index in [0.717, 1.165) is 25.9 Å². The minimum absolute atomic E-state index is 0.208. The standard InChI is InChI=1S/C26H33N3/c1-3-13-26(14-4-1,20-29-16-5-2-6-17-29)22-10-12-25-24(18-22)21(19-28-25)9-11-23-8-7-15-27-23/h1-3,5-6,10,12,16,18-19,23,27-28H,4,7-9,11,13-15,17,20H2. The number of hydrogen-bond donors (Lipinski definition) is 2.